The second kappa shape index (κ2) is 12.5. The number of nitrogens with zero attached hydrogens (tertiary/aromatic N) is 2. The first kappa shape index (κ1) is 24.0. The summed E-state index contributed by atoms with van der Waals surface area (Å²) in [6, 6.07) is 16.6. The first-order valence-corrected chi connectivity index (χ1v) is 8.95. The largest absolute Gasteiger partial charge is 0.493 e. The van der Waals surface area contributed by atoms with Gasteiger partial charge >= 0.3 is 0 Å². The van der Waals surface area contributed by atoms with Crippen molar-refractivity contribution in [2.24, 2.45) is 4.99 Å². The standard InChI is InChI=1S/C21H30N4O2.HI/c1-22-21(23-14-16-11-12-19(26-4)20(13-16)27-5)24-15-18(25(2)3)17-9-7-6-8-10-17;/h6-13,18H,14-15H2,1-5H3,(H2,22,23,24);1H. The van der Waals surface area contributed by atoms with Crippen molar-refractivity contribution >= 4 is 29.9 Å². The fourth-order valence-electron chi connectivity index (χ4n) is 2.86. The van der Waals surface area contributed by atoms with Gasteiger partial charge in [-0.15, -0.1) is 24.0 Å². The summed E-state index contributed by atoms with van der Waals surface area (Å²) in [4.78, 5) is 6.52. The summed E-state index contributed by atoms with van der Waals surface area (Å²) in [6.45, 7) is 1.39. The molecule has 0 fully saturated rings. The van der Waals surface area contributed by atoms with Crippen molar-refractivity contribution < 1.29 is 9.47 Å². The van der Waals surface area contributed by atoms with Crippen LogP contribution < -0.4 is 20.1 Å². The third kappa shape index (κ3) is 6.87. The van der Waals surface area contributed by atoms with Crippen LogP contribution in [0.25, 0.3) is 0 Å². The molecular weight excluding hydrogens is 467 g/mol. The molecule has 0 heterocycles. The lowest BCUT2D eigenvalue weighted by atomic mass is 10.1. The quantitative estimate of drug-likeness (QED) is 0.333. The maximum absolute atomic E-state index is 5.36. The highest BCUT2D eigenvalue weighted by Gasteiger charge is 2.14. The van der Waals surface area contributed by atoms with E-state index in [2.05, 4.69) is 58.9 Å². The lowest BCUT2D eigenvalue weighted by Crippen LogP contribution is -2.41. The molecule has 6 nitrogen and oxygen atoms in total. The SMILES string of the molecule is CN=C(NCc1ccc(OC)c(OC)c1)NCC(c1ccccc1)N(C)C.I. The average molecular weight is 498 g/mol. The lowest BCUT2D eigenvalue weighted by molar-refractivity contribution is 0.298. The molecule has 7 heteroatoms. The molecule has 0 aliphatic carbocycles. The molecular formula is C21H31IN4O2. The van der Waals surface area contributed by atoms with Gasteiger partial charge in [-0.3, -0.25) is 4.99 Å². The van der Waals surface area contributed by atoms with E-state index < -0.39 is 0 Å². The molecule has 154 valence electrons. The number of guanidine groups is 1. The van der Waals surface area contributed by atoms with Gasteiger partial charge in [-0.2, -0.15) is 0 Å². The summed E-state index contributed by atoms with van der Waals surface area (Å²) in [5.74, 6) is 2.20. The van der Waals surface area contributed by atoms with Crippen LogP contribution in [0.5, 0.6) is 11.5 Å². The topological polar surface area (TPSA) is 58.1 Å². The van der Waals surface area contributed by atoms with Gasteiger partial charge < -0.3 is 25.0 Å². The van der Waals surface area contributed by atoms with E-state index in [0.717, 1.165) is 29.6 Å². The minimum absolute atomic E-state index is 0. The summed E-state index contributed by atoms with van der Waals surface area (Å²) in [5.41, 5.74) is 2.35. The fourth-order valence-corrected chi connectivity index (χ4v) is 2.86. The molecule has 0 bridgehead atoms. The summed E-state index contributed by atoms with van der Waals surface area (Å²) in [5, 5.41) is 6.76. The smallest absolute Gasteiger partial charge is 0.191 e. The van der Waals surface area contributed by atoms with E-state index in [4.69, 9.17) is 9.47 Å². The number of rotatable bonds is 8. The van der Waals surface area contributed by atoms with Crippen molar-refractivity contribution in [2.75, 3.05) is 41.9 Å². The molecule has 0 spiro atoms. The second-order valence-corrected chi connectivity index (χ2v) is 6.39. The molecule has 1 unspecified atom stereocenters. The Labute approximate surface area is 185 Å². The van der Waals surface area contributed by atoms with Crippen LogP contribution >= 0.6 is 24.0 Å². The first-order valence-electron chi connectivity index (χ1n) is 8.95. The van der Waals surface area contributed by atoms with Crippen molar-refractivity contribution in [1.29, 1.82) is 0 Å². The van der Waals surface area contributed by atoms with Crippen molar-refractivity contribution in [1.82, 2.24) is 15.5 Å². The van der Waals surface area contributed by atoms with Crippen LogP contribution in [-0.4, -0.2) is 52.8 Å². The third-order valence-electron chi connectivity index (χ3n) is 4.40. The number of hydrogen-bond acceptors (Lipinski definition) is 4. The molecule has 2 rings (SSSR count). The predicted molar refractivity (Wildman–Crippen MR) is 126 cm³/mol. The fraction of sp³-hybridized carbons (Fsp3) is 0.381. The monoisotopic (exact) mass is 498 g/mol. The van der Waals surface area contributed by atoms with E-state index in [9.17, 15) is 0 Å². The number of methoxy groups -OCH3 is 2. The third-order valence-corrected chi connectivity index (χ3v) is 4.40. The predicted octanol–water partition coefficient (Wildman–Crippen LogP) is 3.29. The van der Waals surface area contributed by atoms with Crippen LogP contribution in [0.3, 0.4) is 0 Å². The average Bonchev–Trinajstić information content (AvgIpc) is 2.70. The highest BCUT2D eigenvalue weighted by Crippen LogP contribution is 2.27. The number of hydrogen-bond donors (Lipinski definition) is 2. The molecule has 0 saturated heterocycles. The van der Waals surface area contributed by atoms with E-state index in [-0.39, 0.29) is 30.0 Å². The van der Waals surface area contributed by atoms with Gasteiger partial charge in [0, 0.05) is 20.1 Å². The van der Waals surface area contributed by atoms with E-state index in [1.54, 1.807) is 21.3 Å². The van der Waals surface area contributed by atoms with Gasteiger partial charge in [-0.25, -0.2) is 0 Å². The highest BCUT2D eigenvalue weighted by atomic mass is 127. The molecule has 2 aromatic carbocycles. The van der Waals surface area contributed by atoms with E-state index >= 15 is 0 Å². The van der Waals surface area contributed by atoms with Crippen LogP contribution in [0.4, 0.5) is 0 Å². The zero-order valence-corrected chi connectivity index (χ0v) is 19.6. The second-order valence-electron chi connectivity index (χ2n) is 6.39. The van der Waals surface area contributed by atoms with Crippen LogP contribution in [0.1, 0.15) is 17.2 Å². The van der Waals surface area contributed by atoms with Gasteiger partial charge in [-0.05, 0) is 37.4 Å². The molecule has 0 aliphatic heterocycles. The zero-order valence-electron chi connectivity index (χ0n) is 17.2. The summed E-state index contributed by atoms with van der Waals surface area (Å²) >= 11 is 0. The van der Waals surface area contributed by atoms with Crippen molar-refractivity contribution in [3.8, 4) is 11.5 Å². The number of likely N-dealkylation sites (N-methyl/N-ethyl adjacent to an activating group) is 1. The van der Waals surface area contributed by atoms with Gasteiger partial charge in [0.25, 0.3) is 0 Å². The van der Waals surface area contributed by atoms with Gasteiger partial charge in [0.1, 0.15) is 0 Å². The highest BCUT2D eigenvalue weighted by molar-refractivity contribution is 14.0. The Morgan fingerprint density at radius 3 is 2.25 bits per heavy atom. The number of aliphatic imine (C=N–C) groups is 1. The molecule has 2 N–H and O–H groups in total. The Morgan fingerprint density at radius 2 is 1.68 bits per heavy atom. The molecule has 0 amide bonds. The summed E-state index contributed by atoms with van der Waals surface area (Å²) < 4.78 is 10.6. The maximum atomic E-state index is 5.36. The zero-order chi connectivity index (χ0) is 19.6. The minimum atomic E-state index is 0. The molecule has 2 aromatic rings. The number of nitrogens with one attached hydrogen (secondary N) is 2. The molecule has 28 heavy (non-hydrogen) atoms. The van der Waals surface area contributed by atoms with Crippen LogP contribution in [0, 0.1) is 0 Å². The maximum Gasteiger partial charge on any atom is 0.191 e. The normalized spacial score (nSPS) is 12.1. The van der Waals surface area contributed by atoms with Crippen molar-refractivity contribution in [3.63, 3.8) is 0 Å². The molecule has 0 aromatic heterocycles. The molecule has 0 radical (unpaired) electrons. The number of halogens is 1. The number of benzene rings is 2. The Kier molecular flexibility index (Phi) is 10.7. The van der Waals surface area contributed by atoms with Crippen LogP contribution in [0.15, 0.2) is 53.5 Å². The summed E-state index contributed by atoms with van der Waals surface area (Å²) in [6.07, 6.45) is 0. The van der Waals surface area contributed by atoms with Gasteiger partial charge in [0.05, 0.1) is 20.3 Å². The minimum Gasteiger partial charge on any atom is -0.493 e. The van der Waals surface area contributed by atoms with Crippen molar-refractivity contribution in [2.45, 2.75) is 12.6 Å². The Balaban J connectivity index is 0.00000392. The molecule has 0 saturated carbocycles. The lowest BCUT2D eigenvalue weighted by Gasteiger charge is -2.26. The van der Waals surface area contributed by atoms with Gasteiger partial charge in [0.2, 0.25) is 0 Å². The van der Waals surface area contributed by atoms with Crippen LogP contribution in [-0.2, 0) is 6.54 Å². The Bertz CT molecular complexity index is 738. The summed E-state index contributed by atoms with van der Waals surface area (Å²) in [7, 11) is 9.21. The van der Waals surface area contributed by atoms with Crippen molar-refractivity contribution in [3.05, 3.63) is 59.7 Å². The van der Waals surface area contributed by atoms with Gasteiger partial charge in [0.15, 0.2) is 17.5 Å². The molecule has 0 aliphatic rings. The first-order chi connectivity index (χ1) is 13.1. The van der Waals surface area contributed by atoms with Gasteiger partial charge in [-0.1, -0.05) is 36.4 Å². The molecule has 1 atom stereocenters. The van der Waals surface area contributed by atoms with E-state index in [1.165, 1.54) is 5.56 Å². The van der Waals surface area contributed by atoms with Crippen LogP contribution in [0.2, 0.25) is 0 Å². The Morgan fingerprint density at radius 1 is 1.00 bits per heavy atom. The Hall–Kier alpha value is -2.00. The van der Waals surface area contributed by atoms with E-state index in [1.807, 2.05) is 24.3 Å². The van der Waals surface area contributed by atoms with E-state index in [0.29, 0.717) is 6.54 Å². The number of ether oxygens (including phenoxy) is 2.